The molecule has 0 aliphatic carbocycles. The molecule has 174 valence electrons. The maximum Gasteiger partial charge on any atom is 0.424 e. The van der Waals surface area contributed by atoms with E-state index in [2.05, 4.69) is 10.1 Å². The van der Waals surface area contributed by atoms with Gasteiger partial charge >= 0.3 is 12.2 Å². The number of carbonyl (C=O) groups excluding carboxylic acids is 2. The molecule has 12 heteroatoms. The normalized spacial score (nSPS) is 11.6. The molecular weight excluding hydrogens is 422 g/mol. The summed E-state index contributed by atoms with van der Waals surface area (Å²) in [5.41, 5.74) is -2.73. The highest BCUT2D eigenvalue weighted by molar-refractivity contribution is 6.10. The molecule has 2 rings (SSSR count). The van der Waals surface area contributed by atoms with Gasteiger partial charge in [0.05, 0.1) is 4.92 Å². The first-order chi connectivity index (χ1) is 14.7. The standard InChI is InChI=1S/C20H27N5O7/c1-8-23-10-9-15(22-23)30-16-14(11-13(12-21-16)25(28)29)24(17(26)31-19(2,3)4)18(27)32-20(5,6)7/h9-12H,8H2,1-7H3. The van der Waals surface area contributed by atoms with Crippen molar-refractivity contribution in [2.24, 2.45) is 0 Å². The Labute approximate surface area is 185 Å². The fourth-order valence-electron chi connectivity index (χ4n) is 2.33. The second-order valence-corrected chi connectivity index (χ2v) is 8.68. The minimum atomic E-state index is -1.11. The molecule has 0 fully saturated rings. The van der Waals surface area contributed by atoms with Crippen LogP contribution in [0.4, 0.5) is 21.0 Å². The molecule has 0 atom stereocenters. The Kier molecular flexibility index (Phi) is 7.06. The van der Waals surface area contributed by atoms with Gasteiger partial charge in [0.15, 0.2) is 0 Å². The van der Waals surface area contributed by atoms with E-state index >= 15 is 0 Å². The first-order valence-corrected chi connectivity index (χ1v) is 9.82. The van der Waals surface area contributed by atoms with Crippen molar-refractivity contribution in [2.45, 2.75) is 66.2 Å². The first-order valence-electron chi connectivity index (χ1n) is 9.82. The molecule has 0 saturated heterocycles. The van der Waals surface area contributed by atoms with Crippen molar-refractivity contribution in [2.75, 3.05) is 4.90 Å². The number of aromatic nitrogens is 3. The first kappa shape index (κ1) is 24.6. The van der Waals surface area contributed by atoms with Crippen LogP contribution in [0.5, 0.6) is 11.8 Å². The number of carbonyl (C=O) groups is 2. The highest BCUT2D eigenvalue weighted by atomic mass is 16.6. The van der Waals surface area contributed by atoms with E-state index in [9.17, 15) is 19.7 Å². The van der Waals surface area contributed by atoms with Crippen molar-refractivity contribution in [3.8, 4) is 11.8 Å². The van der Waals surface area contributed by atoms with Crippen molar-refractivity contribution >= 4 is 23.6 Å². The van der Waals surface area contributed by atoms with Gasteiger partial charge in [-0.1, -0.05) is 0 Å². The molecule has 2 amide bonds. The zero-order chi connectivity index (χ0) is 24.3. The summed E-state index contributed by atoms with van der Waals surface area (Å²) >= 11 is 0. The number of hydrogen-bond acceptors (Lipinski definition) is 9. The molecule has 32 heavy (non-hydrogen) atoms. The Morgan fingerprint density at radius 2 is 1.69 bits per heavy atom. The number of amides is 2. The lowest BCUT2D eigenvalue weighted by atomic mass is 10.2. The summed E-state index contributed by atoms with van der Waals surface area (Å²) in [6, 6.07) is 2.52. The topological polar surface area (TPSA) is 139 Å². The van der Waals surface area contributed by atoms with Gasteiger partial charge < -0.3 is 14.2 Å². The van der Waals surface area contributed by atoms with E-state index in [-0.39, 0.29) is 17.4 Å². The predicted molar refractivity (Wildman–Crippen MR) is 114 cm³/mol. The number of pyridine rings is 1. The summed E-state index contributed by atoms with van der Waals surface area (Å²) in [6.45, 7) is 12.1. The summed E-state index contributed by atoms with van der Waals surface area (Å²) in [6.07, 6.45) is 0.369. The number of hydrogen-bond donors (Lipinski definition) is 0. The third kappa shape index (κ3) is 6.65. The largest absolute Gasteiger partial charge is 0.443 e. The molecule has 2 aromatic rings. The molecule has 0 saturated carbocycles. The van der Waals surface area contributed by atoms with Crippen molar-refractivity contribution in [1.82, 2.24) is 14.8 Å². The fourth-order valence-corrected chi connectivity index (χ4v) is 2.33. The highest BCUT2D eigenvalue weighted by Crippen LogP contribution is 2.34. The molecule has 0 aliphatic rings. The SMILES string of the molecule is CCn1ccc(Oc2ncc([N+](=O)[O-])cc2N(C(=O)OC(C)(C)C)C(=O)OC(C)(C)C)n1. The van der Waals surface area contributed by atoms with Gasteiger partial charge in [0, 0.05) is 24.9 Å². The molecular formula is C20H27N5O7. The molecule has 0 radical (unpaired) electrons. The molecule has 2 aromatic heterocycles. The third-order valence-electron chi connectivity index (χ3n) is 3.56. The Bertz CT molecular complexity index is 976. The second-order valence-electron chi connectivity index (χ2n) is 8.68. The van der Waals surface area contributed by atoms with Crippen LogP contribution in [0.3, 0.4) is 0 Å². The van der Waals surface area contributed by atoms with Crippen molar-refractivity contribution in [3.05, 3.63) is 34.6 Å². The Balaban J connectivity index is 2.61. The number of ether oxygens (including phenoxy) is 3. The van der Waals surface area contributed by atoms with E-state index in [0.29, 0.717) is 11.4 Å². The van der Waals surface area contributed by atoms with Crippen LogP contribution >= 0.6 is 0 Å². The average Bonchev–Trinajstić information content (AvgIpc) is 3.07. The molecule has 0 aliphatic heterocycles. The van der Waals surface area contributed by atoms with Gasteiger partial charge in [0.2, 0.25) is 11.8 Å². The van der Waals surface area contributed by atoms with E-state index < -0.39 is 34.0 Å². The van der Waals surface area contributed by atoms with Crippen LogP contribution in [0.1, 0.15) is 48.5 Å². The van der Waals surface area contributed by atoms with Crippen LogP contribution in [0.15, 0.2) is 24.5 Å². The van der Waals surface area contributed by atoms with Gasteiger partial charge in [-0.05, 0) is 48.5 Å². The highest BCUT2D eigenvalue weighted by Gasteiger charge is 2.36. The number of rotatable bonds is 5. The van der Waals surface area contributed by atoms with Gasteiger partial charge in [0.1, 0.15) is 23.1 Å². The van der Waals surface area contributed by atoms with Crippen molar-refractivity contribution in [3.63, 3.8) is 0 Å². The van der Waals surface area contributed by atoms with Gasteiger partial charge in [-0.15, -0.1) is 5.10 Å². The van der Waals surface area contributed by atoms with Gasteiger partial charge in [-0.25, -0.2) is 14.6 Å². The van der Waals surface area contributed by atoms with Gasteiger partial charge in [-0.3, -0.25) is 14.8 Å². The molecule has 2 heterocycles. The monoisotopic (exact) mass is 449 g/mol. The lowest BCUT2D eigenvalue weighted by molar-refractivity contribution is -0.385. The molecule has 0 bridgehead atoms. The van der Waals surface area contributed by atoms with Gasteiger partial charge in [-0.2, -0.15) is 4.90 Å². The zero-order valence-corrected chi connectivity index (χ0v) is 19.1. The van der Waals surface area contributed by atoms with Crippen LogP contribution in [-0.4, -0.2) is 43.1 Å². The summed E-state index contributed by atoms with van der Waals surface area (Å²) in [4.78, 5) is 41.0. The summed E-state index contributed by atoms with van der Waals surface area (Å²) in [5.74, 6) is -0.156. The molecule has 0 unspecified atom stereocenters. The Morgan fingerprint density at radius 1 is 1.12 bits per heavy atom. The zero-order valence-electron chi connectivity index (χ0n) is 19.1. The minimum Gasteiger partial charge on any atom is -0.443 e. The lowest BCUT2D eigenvalue weighted by Gasteiger charge is -2.28. The lowest BCUT2D eigenvalue weighted by Crippen LogP contribution is -2.44. The molecule has 0 aromatic carbocycles. The number of imide groups is 1. The Morgan fingerprint density at radius 3 is 2.12 bits per heavy atom. The number of nitrogens with zero attached hydrogens (tertiary/aromatic N) is 5. The number of anilines is 1. The van der Waals surface area contributed by atoms with Crippen LogP contribution in [0, 0.1) is 10.1 Å². The van der Waals surface area contributed by atoms with Crippen molar-refractivity contribution < 1.29 is 28.7 Å². The molecule has 12 nitrogen and oxygen atoms in total. The summed E-state index contributed by atoms with van der Waals surface area (Å²) in [7, 11) is 0. The number of aryl methyl sites for hydroxylation is 1. The van der Waals surface area contributed by atoms with E-state index in [4.69, 9.17) is 14.2 Å². The van der Waals surface area contributed by atoms with E-state index in [1.54, 1.807) is 58.5 Å². The maximum atomic E-state index is 13.0. The molecule has 0 N–H and O–H groups in total. The summed E-state index contributed by atoms with van der Waals surface area (Å²) < 4.78 is 17.9. The minimum absolute atomic E-state index is 0.114. The second kappa shape index (κ2) is 9.20. The smallest absolute Gasteiger partial charge is 0.424 e. The van der Waals surface area contributed by atoms with Gasteiger partial charge in [0.25, 0.3) is 5.69 Å². The average molecular weight is 449 g/mol. The van der Waals surface area contributed by atoms with Crippen LogP contribution in [-0.2, 0) is 16.0 Å². The third-order valence-corrected chi connectivity index (χ3v) is 3.56. The molecule has 0 spiro atoms. The summed E-state index contributed by atoms with van der Waals surface area (Å²) in [5, 5.41) is 15.5. The van der Waals surface area contributed by atoms with E-state index in [0.717, 1.165) is 12.3 Å². The van der Waals surface area contributed by atoms with Crippen LogP contribution in [0.2, 0.25) is 0 Å². The van der Waals surface area contributed by atoms with Crippen molar-refractivity contribution in [1.29, 1.82) is 0 Å². The maximum absolute atomic E-state index is 13.0. The quantitative estimate of drug-likeness (QED) is 0.470. The number of nitro groups is 1. The van der Waals surface area contributed by atoms with Crippen LogP contribution in [0.25, 0.3) is 0 Å². The van der Waals surface area contributed by atoms with E-state index in [1.165, 1.54) is 0 Å². The predicted octanol–water partition coefficient (Wildman–Crippen LogP) is 4.68. The Hall–Kier alpha value is -3.70. The fraction of sp³-hybridized carbons (Fsp3) is 0.500. The van der Waals surface area contributed by atoms with E-state index in [1.807, 2.05) is 6.92 Å². The van der Waals surface area contributed by atoms with Crippen LogP contribution < -0.4 is 9.64 Å².